The second kappa shape index (κ2) is 8.22. The largest absolute Gasteiger partial charge is 0.376 e. The zero-order valence-electron chi connectivity index (χ0n) is 17.6. The first-order valence-electron chi connectivity index (χ1n) is 11.1. The molecule has 0 bridgehead atoms. The van der Waals surface area contributed by atoms with Crippen LogP contribution in [0.3, 0.4) is 0 Å². The van der Waals surface area contributed by atoms with Crippen molar-refractivity contribution >= 4 is 11.7 Å². The second-order valence-corrected chi connectivity index (χ2v) is 9.22. The number of urea groups is 1. The molecule has 1 aromatic heterocycles. The van der Waals surface area contributed by atoms with Gasteiger partial charge in [0.05, 0.1) is 12.1 Å². The summed E-state index contributed by atoms with van der Waals surface area (Å²) >= 11 is 0. The van der Waals surface area contributed by atoms with Crippen LogP contribution < -0.4 is 5.32 Å². The van der Waals surface area contributed by atoms with Crippen LogP contribution >= 0.6 is 0 Å². The molecule has 0 unspecified atom stereocenters. The Balaban J connectivity index is 1.27. The van der Waals surface area contributed by atoms with Crippen molar-refractivity contribution in [1.82, 2.24) is 14.5 Å². The molecule has 2 amide bonds. The van der Waals surface area contributed by atoms with Gasteiger partial charge in [0.1, 0.15) is 5.82 Å². The molecule has 2 heterocycles. The van der Waals surface area contributed by atoms with Crippen LogP contribution in [0.2, 0.25) is 0 Å². The monoisotopic (exact) mass is 430 g/mol. The van der Waals surface area contributed by atoms with E-state index in [2.05, 4.69) is 14.9 Å². The molecule has 1 N–H and O–H groups in total. The molecule has 1 aliphatic heterocycles. The van der Waals surface area contributed by atoms with Crippen molar-refractivity contribution in [2.24, 2.45) is 17.8 Å². The third kappa shape index (κ3) is 4.31. The van der Waals surface area contributed by atoms with Crippen LogP contribution in [0.5, 0.6) is 0 Å². The molecule has 3 aliphatic rings. The Morgan fingerprint density at radius 3 is 2.65 bits per heavy atom. The van der Waals surface area contributed by atoms with Crippen LogP contribution in [0, 0.1) is 36.3 Å². The van der Waals surface area contributed by atoms with E-state index < -0.39 is 11.6 Å². The van der Waals surface area contributed by atoms with Crippen LogP contribution in [-0.2, 0) is 4.74 Å². The fourth-order valence-corrected chi connectivity index (χ4v) is 5.09. The van der Waals surface area contributed by atoms with Gasteiger partial charge >= 0.3 is 6.03 Å². The molecule has 0 spiro atoms. The van der Waals surface area contributed by atoms with Crippen molar-refractivity contribution in [2.45, 2.75) is 44.8 Å². The number of amides is 2. The van der Waals surface area contributed by atoms with E-state index >= 15 is 0 Å². The van der Waals surface area contributed by atoms with Gasteiger partial charge in [0.2, 0.25) is 0 Å². The number of rotatable bonds is 5. The van der Waals surface area contributed by atoms with Crippen LogP contribution in [0.15, 0.2) is 30.6 Å². The highest BCUT2D eigenvalue weighted by atomic mass is 19.2. The Bertz CT molecular complexity index is 961. The topological polar surface area (TPSA) is 59.4 Å². The normalized spacial score (nSPS) is 27.9. The molecule has 2 aliphatic carbocycles. The number of nitrogens with zero attached hydrogens (tertiary/aromatic N) is 3. The first kappa shape index (κ1) is 20.4. The number of hydrogen-bond donors (Lipinski definition) is 1. The van der Waals surface area contributed by atoms with Crippen molar-refractivity contribution in [3.05, 3.63) is 48.1 Å². The number of imidazole rings is 1. The van der Waals surface area contributed by atoms with Gasteiger partial charge in [-0.05, 0) is 62.5 Å². The lowest BCUT2D eigenvalue weighted by molar-refractivity contribution is -0.0343. The molecule has 31 heavy (non-hydrogen) atoms. The minimum Gasteiger partial charge on any atom is -0.376 e. The lowest BCUT2D eigenvalue weighted by Gasteiger charge is -2.39. The van der Waals surface area contributed by atoms with E-state index in [0.29, 0.717) is 30.8 Å². The number of hydrogen-bond acceptors (Lipinski definition) is 3. The highest BCUT2D eigenvalue weighted by Crippen LogP contribution is 2.43. The van der Waals surface area contributed by atoms with E-state index in [1.807, 2.05) is 19.3 Å². The Morgan fingerprint density at radius 1 is 1.19 bits per heavy atom. The standard InChI is InChI=1S/C23H28F2N4O2/c1-14-26-6-7-29(14)21-8-16-11-28(12-17(16)9-22(21)31-13-15-2-3-15)23(30)27-18-4-5-19(24)20(25)10-18/h4-7,10,15-17,21-22H,2-3,8-9,11-13H2,1H3,(H,27,30)/t16-,17+,21-,22-/m0/s1. The number of likely N-dealkylation sites (tertiary alicyclic amines) is 1. The summed E-state index contributed by atoms with van der Waals surface area (Å²) < 4.78 is 35.2. The molecule has 1 saturated heterocycles. The van der Waals surface area contributed by atoms with E-state index in [4.69, 9.17) is 4.74 Å². The van der Waals surface area contributed by atoms with Gasteiger partial charge in [-0.3, -0.25) is 0 Å². The summed E-state index contributed by atoms with van der Waals surface area (Å²) in [5.74, 6) is 0.534. The Kier molecular flexibility index (Phi) is 5.42. The maximum Gasteiger partial charge on any atom is 0.321 e. The maximum absolute atomic E-state index is 13.5. The minimum atomic E-state index is -0.970. The van der Waals surface area contributed by atoms with Crippen molar-refractivity contribution in [3.8, 4) is 0 Å². The lowest BCUT2D eigenvalue weighted by atomic mass is 9.77. The summed E-state index contributed by atoms with van der Waals surface area (Å²) in [5, 5.41) is 2.70. The molecule has 1 aromatic carbocycles. The number of nitrogens with one attached hydrogen (secondary N) is 1. The first-order chi connectivity index (χ1) is 15.0. The van der Waals surface area contributed by atoms with Gasteiger partial charge in [-0.15, -0.1) is 0 Å². The Hall–Kier alpha value is -2.48. The first-order valence-corrected chi connectivity index (χ1v) is 11.1. The molecule has 4 atom stereocenters. The SMILES string of the molecule is Cc1nccn1[C@H]1C[C@H]2CN(C(=O)Nc3ccc(F)c(F)c3)C[C@H]2C[C@@H]1OCC1CC1. The fraction of sp³-hybridized carbons (Fsp3) is 0.565. The number of aromatic nitrogens is 2. The Labute approximate surface area is 180 Å². The summed E-state index contributed by atoms with van der Waals surface area (Å²) in [4.78, 5) is 19.0. The van der Waals surface area contributed by atoms with Crippen LogP contribution in [0.1, 0.15) is 37.5 Å². The van der Waals surface area contributed by atoms with Gasteiger partial charge in [-0.1, -0.05) is 0 Å². The Morgan fingerprint density at radius 2 is 1.97 bits per heavy atom. The van der Waals surface area contributed by atoms with E-state index in [9.17, 15) is 13.6 Å². The van der Waals surface area contributed by atoms with Crippen molar-refractivity contribution in [3.63, 3.8) is 0 Å². The maximum atomic E-state index is 13.5. The summed E-state index contributed by atoms with van der Waals surface area (Å²) in [7, 11) is 0. The third-order valence-corrected chi connectivity index (χ3v) is 7.01. The number of carbonyl (C=O) groups is 1. The minimum absolute atomic E-state index is 0.115. The molecule has 3 fully saturated rings. The van der Waals surface area contributed by atoms with E-state index in [-0.39, 0.29) is 23.9 Å². The van der Waals surface area contributed by atoms with Gasteiger partial charge in [0.15, 0.2) is 11.6 Å². The molecular weight excluding hydrogens is 402 g/mol. The van der Waals surface area contributed by atoms with Gasteiger partial charge in [0, 0.05) is 43.8 Å². The lowest BCUT2D eigenvalue weighted by Crippen LogP contribution is -2.38. The summed E-state index contributed by atoms with van der Waals surface area (Å²) in [6, 6.07) is 3.35. The predicted octanol–water partition coefficient (Wildman–Crippen LogP) is 4.38. The van der Waals surface area contributed by atoms with Gasteiger partial charge in [-0.2, -0.15) is 0 Å². The van der Waals surface area contributed by atoms with E-state index in [1.54, 1.807) is 4.90 Å². The third-order valence-electron chi connectivity index (χ3n) is 7.01. The smallest absolute Gasteiger partial charge is 0.321 e. The predicted molar refractivity (Wildman–Crippen MR) is 112 cm³/mol. The average Bonchev–Trinajstić information content (AvgIpc) is 3.33. The highest BCUT2D eigenvalue weighted by molar-refractivity contribution is 5.89. The zero-order chi connectivity index (χ0) is 21.5. The number of aryl methyl sites for hydroxylation is 1. The van der Waals surface area contributed by atoms with Crippen LogP contribution in [-0.4, -0.2) is 46.3 Å². The van der Waals surface area contributed by atoms with Gasteiger partial charge in [0.25, 0.3) is 0 Å². The number of carbonyl (C=O) groups excluding carboxylic acids is 1. The summed E-state index contributed by atoms with van der Waals surface area (Å²) in [6.07, 6.45) is 8.33. The quantitative estimate of drug-likeness (QED) is 0.766. The van der Waals surface area contributed by atoms with Gasteiger partial charge < -0.3 is 19.5 Å². The number of fused-ring (bicyclic) bond motifs is 1. The number of halogens is 2. The van der Waals surface area contributed by atoms with Crippen LogP contribution in [0.25, 0.3) is 0 Å². The highest BCUT2D eigenvalue weighted by Gasteiger charge is 2.45. The summed E-state index contributed by atoms with van der Waals surface area (Å²) in [5.41, 5.74) is 0.260. The fourth-order valence-electron chi connectivity index (χ4n) is 5.09. The summed E-state index contributed by atoms with van der Waals surface area (Å²) in [6.45, 7) is 4.13. The molecule has 0 radical (unpaired) electrons. The number of benzene rings is 1. The molecule has 2 saturated carbocycles. The van der Waals surface area contributed by atoms with Crippen molar-refractivity contribution < 1.29 is 18.3 Å². The van der Waals surface area contributed by atoms with Gasteiger partial charge in [-0.25, -0.2) is 18.6 Å². The van der Waals surface area contributed by atoms with E-state index in [1.165, 1.54) is 18.9 Å². The molecule has 2 aromatic rings. The number of ether oxygens (including phenoxy) is 1. The molecule has 8 heteroatoms. The van der Waals surface area contributed by atoms with Crippen LogP contribution in [0.4, 0.5) is 19.3 Å². The van der Waals surface area contributed by atoms with Crippen molar-refractivity contribution in [1.29, 1.82) is 0 Å². The zero-order valence-corrected chi connectivity index (χ0v) is 17.6. The molecule has 6 nitrogen and oxygen atoms in total. The van der Waals surface area contributed by atoms with Crippen molar-refractivity contribution in [2.75, 3.05) is 25.0 Å². The molecule has 5 rings (SSSR count). The molecular formula is C23H28F2N4O2. The average molecular weight is 430 g/mol. The number of anilines is 1. The van der Waals surface area contributed by atoms with E-state index in [0.717, 1.165) is 37.4 Å². The molecule has 166 valence electrons. The second-order valence-electron chi connectivity index (χ2n) is 9.22.